The van der Waals surface area contributed by atoms with Gasteiger partial charge in [0.05, 0.1) is 26.4 Å². The van der Waals surface area contributed by atoms with Crippen LogP contribution in [0.15, 0.2) is 48.5 Å². The molecule has 0 unspecified atom stereocenters. The number of aliphatic hydroxyl groups excluding tert-OH is 1. The molecule has 1 N–H and O–H groups in total. The molecule has 2 aromatic carbocycles. The average Bonchev–Trinajstić information content (AvgIpc) is 2.84. The quantitative estimate of drug-likeness (QED) is 0.733. The second-order valence-corrected chi connectivity index (χ2v) is 9.62. The summed E-state index contributed by atoms with van der Waals surface area (Å²) in [4.78, 5) is 19.8. The number of amides is 1. The summed E-state index contributed by atoms with van der Waals surface area (Å²) in [6.07, 6.45) is 2.01. The van der Waals surface area contributed by atoms with E-state index in [1.54, 1.807) is 12.1 Å². The van der Waals surface area contributed by atoms with Gasteiger partial charge in [0, 0.05) is 49.7 Å². The van der Waals surface area contributed by atoms with E-state index in [2.05, 4.69) is 21.9 Å². The lowest BCUT2D eigenvalue weighted by Gasteiger charge is -2.57. The number of halogens is 1. The van der Waals surface area contributed by atoms with Crippen molar-refractivity contribution in [3.8, 4) is 11.1 Å². The minimum Gasteiger partial charge on any atom is -0.395 e. The van der Waals surface area contributed by atoms with E-state index in [-0.39, 0.29) is 36.3 Å². The van der Waals surface area contributed by atoms with Gasteiger partial charge >= 0.3 is 0 Å². The van der Waals surface area contributed by atoms with Gasteiger partial charge in [-0.1, -0.05) is 42.5 Å². The van der Waals surface area contributed by atoms with E-state index in [4.69, 9.17) is 4.74 Å². The van der Waals surface area contributed by atoms with Gasteiger partial charge < -0.3 is 14.7 Å². The SMILES string of the molecule is O=C(CN1CCOCC1)N1CCCCN2[C@H](C1)[C@@H](c1ccc(-c3ccccc3F)cc1)[C@@H]2CO. The van der Waals surface area contributed by atoms with Crippen LogP contribution in [0.5, 0.6) is 0 Å². The number of rotatable bonds is 5. The van der Waals surface area contributed by atoms with E-state index in [1.807, 2.05) is 23.1 Å². The summed E-state index contributed by atoms with van der Waals surface area (Å²) in [5.41, 5.74) is 2.58. The van der Waals surface area contributed by atoms with Gasteiger partial charge in [-0.15, -0.1) is 0 Å². The van der Waals surface area contributed by atoms with Crippen LogP contribution < -0.4 is 0 Å². The number of benzene rings is 2. The number of nitrogens with zero attached hydrogens (tertiary/aromatic N) is 3. The molecule has 3 atom stereocenters. The second-order valence-electron chi connectivity index (χ2n) is 9.62. The number of fused-ring (bicyclic) bond motifs is 1. The number of morpholine rings is 1. The Balaban J connectivity index is 1.33. The molecular formula is C27H34FN3O3. The average molecular weight is 468 g/mol. The lowest BCUT2D eigenvalue weighted by molar-refractivity contribution is -0.138. The van der Waals surface area contributed by atoms with Crippen molar-refractivity contribution in [3.63, 3.8) is 0 Å². The van der Waals surface area contributed by atoms with Crippen molar-refractivity contribution in [1.29, 1.82) is 0 Å². The van der Waals surface area contributed by atoms with E-state index in [9.17, 15) is 14.3 Å². The molecule has 0 spiro atoms. The normalized spacial score (nSPS) is 26.3. The fourth-order valence-corrected chi connectivity index (χ4v) is 5.80. The lowest BCUT2D eigenvalue weighted by Crippen LogP contribution is -2.68. The first-order chi connectivity index (χ1) is 16.7. The molecule has 6 nitrogen and oxygen atoms in total. The maximum absolute atomic E-state index is 14.2. The smallest absolute Gasteiger partial charge is 0.236 e. The fourth-order valence-electron chi connectivity index (χ4n) is 5.80. The van der Waals surface area contributed by atoms with Crippen LogP contribution in [0.1, 0.15) is 24.3 Å². The molecule has 2 aromatic rings. The van der Waals surface area contributed by atoms with Crippen LogP contribution in [0.2, 0.25) is 0 Å². The first-order valence-corrected chi connectivity index (χ1v) is 12.4. The molecule has 182 valence electrons. The highest BCUT2D eigenvalue weighted by atomic mass is 19.1. The summed E-state index contributed by atoms with van der Waals surface area (Å²) in [6, 6.07) is 15.1. The number of hydrogen-bond donors (Lipinski definition) is 1. The zero-order valence-electron chi connectivity index (χ0n) is 19.6. The van der Waals surface area contributed by atoms with Crippen LogP contribution in [0.25, 0.3) is 11.1 Å². The van der Waals surface area contributed by atoms with Crippen molar-refractivity contribution in [2.24, 2.45) is 0 Å². The van der Waals surface area contributed by atoms with E-state index in [0.717, 1.165) is 50.1 Å². The Morgan fingerprint density at radius 3 is 2.47 bits per heavy atom. The van der Waals surface area contributed by atoms with Crippen molar-refractivity contribution >= 4 is 5.91 Å². The molecule has 3 aliphatic rings. The maximum Gasteiger partial charge on any atom is 0.236 e. The monoisotopic (exact) mass is 467 g/mol. The fraction of sp³-hybridized carbons (Fsp3) is 0.519. The standard InChI is InChI=1S/C27H34FN3O3/c28-23-6-2-1-5-22(23)20-7-9-21(10-8-20)27-24-17-30(11-3-4-12-31(24)25(27)19-32)26(33)18-29-13-15-34-16-14-29/h1-2,5-10,24-25,27,32H,3-4,11-19H2/t24-,25+,27-/m1/s1. The summed E-state index contributed by atoms with van der Waals surface area (Å²) in [5, 5.41) is 10.2. The minimum absolute atomic E-state index is 0.0543. The van der Waals surface area contributed by atoms with Crippen LogP contribution in [0, 0.1) is 5.82 Å². The molecule has 7 heteroatoms. The Labute approximate surface area is 200 Å². The molecule has 0 aliphatic carbocycles. The summed E-state index contributed by atoms with van der Waals surface area (Å²) >= 11 is 0. The zero-order valence-corrected chi connectivity index (χ0v) is 19.6. The number of carbonyl (C=O) groups is 1. The van der Waals surface area contributed by atoms with E-state index < -0.39 is 0 Å². The van der Waals surface area contributed by atoms with Gasteiger partial charge in [-0.05, 0) is 36.6 Å². The Kier molecular flexibility index (Phi) is 7.25. The van der Waals surface area contributed by atoms with Crippen LogP contribution in [0.4, 0.5) is 4.39 Å². The maximum atomic E-state index is 14.2. The molecule has 0 radical (unpaired) electrons. The van der Waals surface area contributed by atoms with Crippen LogP contribution in [-0.2, 0) is 9.53 Å². The van der Waals surface area contributed by atoms with Crippen molar-refractivity contribution in [2.45, 2.75) is 30.8 Å². The van der Waals surface area contributed by atoms with Crippen LogP contribution in [-0.4, -0.2) is 96.9 Å². The number of ether oxygens (including phenoxy) is 1. The van der Waals surface area contributed by atoms with E-state index >= 15 is 0 Å². The molecule has 1 amide bonds. The van der Waals surface area contributed by atoms with Gasteiger partial charge in [-0.2, -0.15) is 0 Å². The van der Waals surface area contributed by atoms with Gasteiger partial charge in [0.15, 0.2) is 0 Å². The van der Waals surface area contributed by atoms with Crippen LogP contribution in [0.3, 0.4) is 0 Å². The Bertz CT molecular complexity index is 979. The van der Waals surface area contributed by atoms with E-state index in [1.165, 1.54) is 6.07 Å². The number of hydrogen-bond acceptors (Lipinski definition) is 5. The highest BCUT2D eigenvalue weighted by Crippen LogP contribution is 2.42. The lowest BCUT2D eigenvalue weighted by atomic mass is 9.74. The highest BCUT2D eigenvalue weighted by Gasteiger charge is 2.49. The van der Waals surface area contributed by atoms with Gasteiger partial charge in [-0.3, -0.25) is 14.6 Å². The first kappa shape index (κ1) is 23.4. The third-order valence-electron chi connectivity index (χ3n) is 7.67. The van der Waals surface area contributed by atoms with Gasteiger partial charge in [0.1, 0.15) is 5.82 Å². The summed E-state index contributed by atoms with van der Waals surface area (Å²) < 4.78 is 19.6. The van der Waals surface area contributed by atoms with Gasteiger partial charge in [0.2, 0.25) is 5.91 Å². The first-order valence-electron chi connectivity index (χ1n) is 12.4. The predicted octanol–water partition coefficient (Wildman–Crippen LogP) is 2.58. The molecule has 3 aliphatic heterocycles. The Hall–Kier alpha value is -2.32. The molecule has 3 heterocycles. The molecular weight excluding hydrogens is 433 g/mol. The Morgan fingerprint density at radius 2 is 1.74 bits per heavy atom. The van der Waals surface area contributed by atoms with Crippen molar-refractivity contribution < 1.29 is 19.0 Å². The van der Waals surface area contributed by atoms with Crippen LogP contribution >= 0.6 is 0 Å². The molecule has 3 saturated heterocycles. The largest absolute Gasteiger partial charge is 0.395 e. The van der Waals surface area contributed by atoms with Crippen molar-refractivity contribution in [1.82, 2.24) is 14.7 Å². The third-order valence-corrected chi connectivity index (χ3v) is 7.67. The molecule has 3 fully saturated rings. The Morgan fingerprint density at radius 1 is 1.00 bits per heavy atom. The number of carbonyl (C=O) groups excluding carboxylic acids is 1. The molecule has 0 aromatic heterocycles. The van der Waals surface area contributed by atoms with Gasteiger partial charge in [-0.25, -0.2) is 4.39 Å². The van der Waals surface area contributed by atoms with Crippen molar-refractivity contribution in [3.05, 3.63) is 59.9 Å². The number of aliphatic hydroxyl groups is 1. The highest BCUT2D eigenvalue weighted by molar-refractivity contribution is 5.78. The van der Waals surface area contributed by atoms with Gasteiger partial charge in [0.25, 0.3) is 0 Å². The third kappa shape index (κ3) is 4.75. The summed E-state index contributed by atoms with van der Waals surface area (Å²) in [6.45, 7) is 5.94. The molecule has 34 heavy (non-hydrogen) atoms. The molecule has 5 rings (SSSR count). The minimum atomic E-state index is -0.229. The van der Waals surface area contributed by atoms with E-state index in [0.29, 0.717) is 31.9 Å². The summed E-state index contributed by atoms with van der Waals surface area (Å²) in [7, 11) is 0. The second kappa shape index (κ2) is 10.5. The summed E-state index contributed by atoms with van der Waals surface area (Å²) in [5.74, 6) is 0.106. The molecule has 0 bridgehead atoms. The zero-order chi connectivity index (χ0) is 23.5. The van der Waals surface area contributed by atoms with Crippen molar-refractivity contribution in [2.75, 3.05) is 59.1 Å². The topological polar surface area (TPSA) is 56.2 Å². The predicted molar refractivity (Wildman–Crippen MR) is 129 cm³/mol. The molecule has 0 saturated carbocycles.